The normalized spacial score (nSPS) is 25.8. The second-order valence-corrected chi connectivity index (χ2v) is 6.69. The average molecular weight is 341 g/mol. The van der Waals surface area contributed by atoms with Gasteiger partial charge in [0, 0.05) is 0 Å². The molecule has 26 heavy (non-hydrogen) atoms. The molecular weight excluding hydrogens is 312 g/mol. The van der Waals surface area contributed by atoms with Crippen LogP contribution in [0.3, 0.4) is 0 Å². The van der Waals surface area contributed by atoms with E-state index in [1.54, 1.807) is 0 Å². The van der Waals surface area contributed by atoms with Crippen molar-refractivity contribution < 1.29 is 0 Å². The van der Waals surface area contributed by atoms with Crippen molar-refractivity contribution in [2.45, 2.75) is 39.0 Å². The number of rotatable bonds is 4. The third-order valence-electron chi connectivity index (χ3n) is 5.44. The van der Waals surface area contributed by atoms with Gasteiger partial charge in [-0.05, 0) is 67.0 Å². The minimum atomic E-state index is -0.286. The standard InChI is InChI=1S/C26H28/c1-5-9-15-20(6-2)26(21-16-11-10-12-17-21)24(8-4)22(7-3)23-18-13-14-19-25(23)26/h5-9,11,13-19H,2,10,12H2,1,3-4H3/b9-5-,20-15+,22-7-,24-8+. The molecule has 2 aliphatic carbocycles. The molecule has 1 aromatic carbocycles. The lowest BCUT2D eigenvalue weighted by atomic mass is 9.65. The molecule has 0 heterocycles. The molecule has 2 aliphatic rings. The molecule has 1 unspecified atom stereocenters. The first-order valence-electron chi connectivity index (χ1n) is 9.52. The van der Waals surface area contributed by atoms with Gasteiger partial charge in [0.25, 0.3) is 0 Å². The van der Waals surface area contributed by atoms with Crippen LogP contribution < -0.4 is 0 Å². The molecule has 0 saturated heterocycles. The van der Waals surface area contributed by atoms with E-state index in [1.165, 1.54) is 33.4 Å². The Hall–Kier alpha value is -2.60. The molecule has 132 valence electrons. The van der Waals surface area contributed by atoms with Crippen LogP contribution in [0.1, 0.15) is 44.7 Å². The summed E-state index contributed by atoms with van der Waals surface area (Å²) in [5.74, 6) is 0. The largest absolute Gasteiger partial charge is 0.0987 e. The monoisotopic (exact) mass is 340 g/mol. The van der Waals surface area contributed by atoms with E-state index in [2.05, 4.69) is 100 Å². The number of fused-ring (bicyclic) bond motifs is 1. The van der Waals surface area contributed by atoms with E-state index in [0.29, 0.717) is 0 Å². The van der Waals surface area contributed by atoms with Gasteiger partial charge in [-0.25, -0.2) is 0 Å². The van der Waals surface area contributed by atoms with Crippen molar-refractivity contribution in [3.05, 3.63) is 113 Å². The van der Waals surface area contributed by atoms with E-state index in [9.17, 15) is 0 Å². The summed E-state index contributed by atoms with van der Waals surface area (Å²) in [7, 11) is 0. The van der Waals surface area contributed by atoms with Gasteiger partial charge in [0.05, 0.1) is 5.41 Å². The van der Waals surface area contributed by atoms with E-state index < -0.39 is 0 Å². The molecular formula is C26H28. The Morgan fingerprint density at radius 3 is 2.50 bits per heavy atom. The molecule has 0 bridgehead atoms. The minimum Gasteiger partial charge on any atom is -0.0987 e. The first kappa shape index (κ1) is 18.2. The lowest BCUT2D eigenvalue weighted by Crippen LogP contribution is -2.30. The van der Waals surface area contributed by atoms with Gasteiger partial charge in [-0.3, -0.25) is 0 Å². The van der Waals surface area contributed by atoms with Gasteiger partial charge < -0.3 is 0 Å². The van der Waals surface area contributed by atoms with Crippen molar-refractivity contribution in [2.24, 2.45) is 0 Å². The van der Waals surface area contributed by atoms with Gasteiger partial charge in [-0.2, -0.15) is 0 Å². The number of allylic oxidation sites excluding steroid dienone is 13. The highest BCUT2D eigenvalue weighted by Crippen LogP contribution is 2.58. The summed E-state index contributed by atoms with van der Waals surface area (Å²) >= 11 is 0. The van der Waals surface area contributed by atoms with Gasteiger partial charge in [-0.1, -0.05) is 85.5 Å². The van der Waals surface area contributed by atoms with Gasteiger partial charge in [0.2, 0.25) is 0 Å². The zero-order valence-electron chi connectivity index (χ0n) is 16.1. The fraction of sp³-hybridized carbons (Fsp3) is 0.231. The predicted molar refractivity (Wildman–Crippen MR) is 115 cm³/mol. The maximum atomic E-state index is 4.19. The summed E-state index contributed by atoms with van der Waals surface area (Å²) in [5.41, 5.74) is 7.67. The second kappa shape index (κ2) is 7.74. The molecule has 3 rings (SSSR count). The predicted octanol–water partition coefficient (Wildman–Crippen LogP) is 7.25. The molecule has 0 radical (unpaired) electrons. The van der Waals surface area contributed by atoms with Gasteiger partial charge in [0.1, 0.15) is 0 Å². The van der Waals surface area contributed by atoms with Crippen molar-refractivity contribution in [2.75, 3.05) is 0 Å². The molecule has 0 nitrogen and oxygen atoms in total. The average Bonchev–Trinajstić information content (AvgIpc) is 2.99. The SMILES string of the molecule is C=C/C(=C\C=C/C)C1(C2=CCCC=C2)C(=C/C)/C(=C\C)c2ccccc21. The molecule has 0 heteroatoms. The number of hydrogen-bond donors (Lipinski definition) is 0. The molecule has 0 spiro atoms. The van der Waals surface area contributed by atoms with Crippen LogP contribution in [0.15, 0.2) is 102 Å². The summed E-state index contributed by atoms with van der Waals surface area (Å²) < 4.78 is 0. The highest BCUT2D eigenvalue weighted by atomic mass is 14.5. The maximum Gasteiger partial charge on any atom is 0.0706 e. The summed E-state index contributed by atoms with van der Waals surface area (Å²) in [6.45, 7) is 10.5. The first-order chi connectivity index (χ1) is 12.7. The van der Waals surface area contributed by atoms with Crippen LogP contribution in [0.2, 0.25) is 0 Å². The van der Waals surface area contributed by atoms with Crippen molar-refractivity contribution >= 4 is 5.57 Å². The van der Waals surface area contributed by atoms with Crippen molar-refractivity contribution in [1.29, 1.82) is 0 Å². The van der Waals surface area contributed by atoms with Gasteiger partial charge in [0.15, 0.2) is 0 Å². The smallest absolute Gasteiger partial charge is 0.0706 e. The summed E-state index contributed by atoms with van der Waals surface area (Å²) in [4.78, 5) is 0. The lowest BCUT2D eigenvalue weighted by Gasteiger charge is -2.36. The van der Waals surface area contributed by atoms with Crippen LogP contribution >= 0.6 is 0 Å². The van der Waals surface area contributed by atoms with Crippen LogP contribution in [0, 0.1) is 0 Å². The maximum absolute atomic E-state index is 4.19. The summed E-state index contributed by atoms with van der Waals surface area (Å²) in [5, 5.41) is 0. The Balaban J connectivity index is 2.46. The fourth-order valence-corrected chi connectivity index (χ4v) is 4.45. The van der Waals surface area contributed by atoms with Crippen molar-refractivity contribution in [3.8, 4) is 0 Å². The zero-order valence-corrected chi connectivity index (χ0v) is 16.1. The van der Waals surface area contributed by atoms with Gasteiger partial charge >= 0.3 is 0 Å². The Morgan fingerprint density at radius 1 is 1.08 bits per heavy atom. The van der Waals surface area contributed by atoms with E-state index in [-0.39, 0.29) is 5.41 Å². The fourth-order valence-electron chi connectivity index (χ4n) is 4.45. The third kappa shape index (κ3) is 2.61. The van der Waals surface area contributed by atoms with Gasteiger partial charge in [-0.15, -0.1) is 0 Å². The molecule has 0 amide bonds. The molecule has 1 aromatic rings. The van der Waals surface area contributed by atoms with E-state index in [1.807, 2.05) is 6.08 Å². The van der Waals surface area contributed by atoms with Crippen LogP contribution in [-0.2, 0) is 5.41 Å². The topological polar surface area (TPSA) is 0 Å². The molecule has 0 N–H and O–H groups in total. The Bertz CT molecular complexity index is 880. The van der Waals surface area contributed by atoms with E-state index in [4.69, 9.17) is 0 Å². The Labute approximate surface area is 158 Å². The number of hydrogen-bond acceptors (Lipinski definition) is 0. The zero-order chi connectivity index (χ0) is 18.6. The Morgan fingerprint density at radius 2 is 1.88 bits per heavy atom. The van der Waals surface area contributed by atoms with Crippen molar-refractivity contribution in [1.82, 2.24) is 0 Å². The molecule has 0 fully saturated rings. The molecule has 1 atom stereocenters. The first-order valence-corrected chi connectivity index (χ1v) is 9.52. The minimum absolute atomic E-state index is 0.286. The lowest BCUT2D eigenvalue weighted by molar-refractivity contribution is 0.750. The molecule has 0 aliphatic heterocycles. The highest BCUT2D eigenvalue weighted by Gasteiger charge is 2.48. The second-order valence-electron chi connectivity index (χ2n) is 6.69. The quantitative estimate of drug-likeness (QED) is 0.506. The van der Waals surface area contributed by atoms with Crippen LogP contribution in [0.4, 0.5) is 0 Å². The summed E-state index contributed by atoms with van der Waals surface area (Å²) in [6, 6.07) is 8.83. The van der Waals surface area contributed by atoms with Crippen LogP contribution in [0.5, 0.6) is 0 Å². The van der Waals surface area contributed by atoms with E-state index >= 15 is 0 Å². The molecule has 0 saturated carbocycles. The summed E-state index contributed by atoms with van der Waals surface area (Å²) in [6.07, 6.45) is 22.2. The third-order valence-corrected chi connectivity index (χ3v) is 5.44. The Kier molecular flexibility index (Phi) is 5.42. The van der Waals surface area contributed by atoms with Crippen LogP contribution in [0.25, 0.3) is 5.57 Å². The molecule has 0 aromatic heterocycles. The van der Waals surface area contributed by atoms with E-state index in [0.717, 1.165) is 12.8 Å². The van der Waals surface area contributed by atoms with Crippen molar-refractivity contribution in [3.63, 3.8) is 0 Å². The number of benzene rings is 1. The van der Waals surface area contributed by atoms with Crippen LogP contribution in [-0.4, -0.2) is 0 Å². The highest BCUT2D eigenvalue weighted by molar-refractivity contribution is 5.94.